The zero-order valence-electron chi connectivity index (χ0n) is 12.3. The van der Waals surface area contributed by atoms with Crippen LogP contribution in [0.2, 0.25) is 0 Å². The smallest absolute Gasteiger partial charge is 0.321 e. The van der Waals surface area contributed by atoms with Gasteiger partial charge in [-0.15, -0.1) is 0 Å². The molecule has 2 amide bonds. The van der Waals surface area contributed by atoms with Crippen LogP contribution in [-0.4, -0.2) is 48.6 Å². The van der Waals surface area contributed by atoms with Gasteiger partial charge in [0.05, 0.1) is 0 Å². The lowest BCUT2D eigenvalue weighted by Crippen LogP contribution is -2.50. The predicted molar refractivity (Wildman–Crippen MR) is 82.4 cm³/mol. The highest BCUT2D eigenvalue weighted by molar-refractivity contribution is 5.76. The standard InChI is InChI=1S/C16H23N3O/c1-3-18-10-12-19(13-11-18)16(20)17-9-8-15-6-4-14(2)5-7-15/h4-9H,3,10-13H2,1-2H3,(H,17,20)/b9-8+. The number of benzene rings is 1. The number of carbonyl (C=O) groups is 1. The van der Waals surface area contributed by atoms with Gasteiger partial charge in [0.2, 0.25) is 0 Å². The number of urea groups is 1. The summed E-state index contributed by atoms with van der Waals surface area (Å²) in [5, 5.41) is 2.84. The quantitative estimate of drug-likeness (QED) is 0.917. The second-order valence-corrected chi connectivity index (χ2v) is 5.11. The van der Waals surface area contributed by atoms with Gasteiger partial charge in [0.25, 0.3) is 0 Å². The van der Waals surface area contributed by atoms with Crippen LogP contribution >= 0.6 is 0 Å². The summed E-state index contributed by atoms with van der Waals surface area (Å²) >= 11 is 0. The fraction of sp³-hybridized carbons (Fsp3) is 0.438. The maximum absolute atomic E-state index is 12.0. The number of carbonyl (C=O) groups excluding carboxylic acids is 1. The third-order valence-electron chi connectivity index (χ3n) is 3.67. The van der Waals surface area contributed by atoms with E-state index < -0.39 is 0 Å². The van der Waals surface area contributed by atoms with E-state index in [1.807, 2.05) is 23.1 Å². The zero-order chi connectivity index (χ0) is 14.4. The van der Waals surface area contributed by atoms with Crippen molar-refractivity contribution >= 4 is 12.1 Å². The number of likely N-dealkylation sites (N-methyl/N-ethyl adjacent to an activating group) is 1. The molecule has 0 atom stereocenters. The predicted octanol–water partition coefficient (Wildman–Crippen LogP) is 2.31. The van der Waals surface area contributed by atoms with E-state index in [1.54, 1.807) is 6.20 Å². The lowest BCUT2D eigenvalue weighted by molar-refractivity contribution is 0.145. The summed E-state index contributed by atoms with van der Waals surface area (Å²) in [7, 11) is 0. The summed E-state index contributed by atoms with van der Waals surface area (Å²) in [6, 6.07) is 8.19. The molecule has 0 saturated carbocycles. The Labute approximate surface area is 121 Å². The number of nitrogens with one attached hydrogen (secondary N) is 1. The SMILES string of the molecule is CCN1CCN(C(=O)N/C=C/c2ccc(C)cc2)CC1. The molecule has 1 saturated heterocycles. The van der Waals surface area contributed by atoms with Crippen LogP contribution in [0.3, 0.4) is 0 Å². The minimum atomic E-state index is -0.0101. The summed E-state index contributed by atoms with van der Waals surface area (Å²) in [5.74, 6) is 0. The normalized spacial score (nSPS) is 16.6. The Bertz CT molecular complexity index is 459. The molecule has 1 fully saturated rings. The second kappa shape index (κ2) is 7.10. The van der Waals surface area contributed by atoms with E-state index in [0.717, 1.165) is 38.3 Å². The first kappa shape index (κ1) is 14.6. The molecule has 0 bridgehead atoms. The monoisotopic (exact) mass is 273 g/mol. The molecule has 1 heterocycles. The molecule has 2 rings (SSSR count). The van der Waals surface area contributed by atoms with Gasteiger partial charge in [-0.2, -0.15) is 0 Å². The first-order chi connectivity index (χ1) is 9.69. The number of aryl methyl sites for hydroxylation is 1. The Morgan fingerprint density at radius 2 is 1.85 bits per heavy atom. The maximum Gasteiger partial charge on any atom is 0.321 e. The van der Waals surface area contributed by atoms with Crippen molar-refractivity contribution in [1.82, 2.24) is 15.1 Å². The number of piperazine rings is 1. The van der Waals surface area contributed by atoms with Crippen molar-refractivity contribution in [1.29, 1.82) is 0 Å². The molecule has 20 heavy (non-hydrogen) atoms. The van der Waals surface area contributed by atoms with Crippen molar-refractivity contribution in [2.45, 2.75) is 13.8 Å². The molecule has 108 valence electrons. The molecule has 1 aromatic carbocycles. The summed E-state index contributed by atoms with van der Waals surface area (Å²) in [5.41, 5.74) is 2.33. The lowest BCUT2D eigenvalue weighted by Gasteiger charge is -2.33. The molecular weight excluding hydrogens is 250 g/mol. The molecule has 0 aromatic heterocycles. The minimum absolute atomic E-state index is 0.0101. The summed E-state index contributed by atoms with van der Waals surface area (Å²) in [6.07, 6.45) is 3.64. The Morgan fingerprint density at radius 1 is 1.20 bits per heavy atom. The van der Waals surface area contributed by atoms with Crippen LogP contribution < -0.4 is 5.32 Å². The van der Waals surface area contributed by atoms with Crippen LogP contribution in [0.25, 0.3) is 6.08 Å². The molecular formula is C16H23N3O. The minimum Gasteiger partial charge on any atom is -0.322 e. The van der Waals surface area contributed by atoms with Gasteiger partial charge in [0.15, 0.2) is 0 Å². The second-order valence-electron chi connectivity index (χ2n) is 5.11. The van der Waals surface area contributed by atoms with E-state index in [1.165, 1.54) is 5.56 Å². The number of amides is 2. The summed E-state index contributed by atoms with van der Waals surface area (Å²) in [4.78, 5) is 16.2. The Kier molecular flexibility index (Phi) is 5.18. The van der Waals surface area contributed by atoms with Crippen molar-refractivity contribution < 1.29 is 4.79 Å². The van der Waals surface area contributed by atoms with Crippen LogP contribution in [0, 0.1) is 6.92 Å². The van der Waals surface area contributed by atoms with Gasteiger partial charge >= 0.3 is 6.03 Å². The van der Waals surface area contributed by atoms with Gasteiger partial charge in [-0.3, -0.25) is 0 Å². The van der Waals surface area contributed by atoms with Crippen molar-refractivity contribution in [2.75, 3.05) is 32.7 Å². The van der Waals surface area contributed by atoms with Gasteiger partial charge in [0.1, 0.15) is 0 Å². The van der Waals surface area contributed by atoms with Crippen LogP contribution in [0.15, 0.2) is 30.5 Å². The zero-order valence-corrected chi connectivity index (χ0v) is 12.3. The molecule has 4 heteroatoms. The highest BCUT2D eigenvalue weighted by Crippen LogP contribution is 2.05. The third-order valence-corrected chi connectivity index (χ3v) is 3.67. The number of rotatable bonds is 3. The summed E-state index contributed by atoms with van der Waals surface area (Å²) in [6.45, 7) is 8.81. The van der Waals surface area contributed by atoms with Crippen molar-refractivity contribution in [3.05, 3.63) is 41.6 Å². The number of nitrogens with zero attached hydrogens (tertiary/aromatic N) is 2. The van der Waals surface area contributed by atoms with E-state index in [9.17, 15) is 4.79 Å². The highest BCUT2D eigenvalue weighted by atomic mass is 16.2. The van der Waals surface area contributed by atoms with Gasteiger partial charge in [0, 0.05) is 32.4 Å². The van der Waals surface area contributed by atoms with Gasteiger partial charge in [-0.05, 0) is 25.1 Å². The molecule has 4 nitrogen and oxygen atoms in total. The number of hydrogen-bond donors (Lipinski definition) is 1. The molecule has 1 N–H and O–H groups in total. The van der Waals surface area contributed by atoms with E-state index in [2.05, 4.69) is 36.2 Å². The summed E-state index contributed by atoms with van der Waals surface area (Å²) < 4.78 is 0. The molecule has 1 aliphatic rings. The van der Waals surface area contributed by atoms with Gasteiger partial charge in [-0.25, -0.2) is 4.79 Å². The van der Waals surface area contributed by atoms with Gasteiger partial charge < -0.3 is 15.1 Å². The van der Waals surface area contributed by atoms with Crippen LogP contribution in [0.1, 0.15) is 18.1 Å². The van der Waals surface area contributed by atoms with Gasteiger partial charge in [-0.1, -0.05) is 36.8 Å². The Hall–Kier alpha value is -1.81. The van der Waals surface area contributed by atoms with Crippen LogP contribution in [0.5, 0.6) is 0 Å². The third kappa shape index (κ3) is 4.10. The molecule has 1 aliphatic heterocycles. The molecule has 0 radical (unpaired) electrons. The first-order valence-electron chi connectivity index (χ1n) is 7.20. The van der Waals surface area contributed by atoms with E-state index in [-0.39, 0.29) is 6.03 Å². The number of hydrogen-bond acceptors (Lipinski definition) is 2. The van der Waals surface area contributed by atoms with E-state index in [4.69, 9.17) is 0 Å². The van der Waals surface area contributed by atoms with Crippen LogP contribution in [0.4, 0.5) is 4.79 Å². The average molecular weight is 273 g/mol. The largest absolute Gasteiger partial charge is 0.322 e. The molecule has 0 aliphatic carbocycles. The van der Waals surface area contributed by atoms with Crippen LogP contribution in [-0.2, 0) is 0 Å². The molecule has 1 aromatic rings. The van der Waals surface area contributed by atoms with E-state index >= 15 is 0 Å². The fourth-order valence-corrected chi connectivity index (χ4v) is 2.25. The lowest BCUT2D eigenvalue weighted by atomic mass is 10.1. The Balaban J connectivity index is 1.79. The molecule has 0 unspecified atom stereocenters. The Morgan fingerprint density at radius 3 is 2.45 bits per heavy atom. The first-order valence-corrected chi connectivity index (χ1v) is 7.20. The van der Waals surface area contributed by atoms with Crippen molar-refractivity contribution in [3.8, 4) is 0 Å². The maximum atomic E-state index is 12.0. The van der Waals surface area contributed by atoms with Crippen molar-refractivity contribution in [3.63, 3.8) is 0 Å². The highest BCUT2D eigenvalue weighted by Gasteiger charge is 2.18. The van der Waals surface area contributed by atoms with Crippen molar-refractivity contribution in [2.24, 2.45) is 0 Å². The van der Waals surface area contributed by atoms with E-state index in [0.29, 0.717) is 0 Å². The molecule has 0 spiro atoms. The fourth-order valence-electron chi connectivity index (χ4n) is 2.25. The topological polar surface area (TPSA) is 35.6 Å². The average Bonchev–Trinajstić information content (AvgIpc) is 2.49.